The van der Waals surface area contributed by atoms with Crippen molar-refractivity contribution in [1.29, 1.82) is 0 Å². The van der Waals surface area contributed by atoms with Crippen LogP contribution in [0.15, 0.2) is 78.9 Å². The van der Waals surface area contributed by atoms with Crippen LogP contribution in [0.1, 0.15) is 34.5 Å². The van der Waals surface area contributed by atoms with E-state index in [1.165, 1.54) is 17.7 Å². The second-order valence-electron chi connectivity index (χ2n) is 8.04. The Morgan fingerprint density at radius 2 is 1.55 bits per heavy atom. The zero-order valence-corrected chi connectivity index (χ0v) is 17.8. The molecule has 1 aliphatic rings. The van der Waals surface area contributed by atoms with Crippen molar-refractivity contribution in [3.05, 3.63) is 101 Å². The Kier molecular flexibility index (Phi) is 6.63. The summed E-state index contributed by atoms with van der Waals surface area (Å²) < 4.78 is 13.1. The van der Waals surface area contributed by atoms with Crippen molar-refractivity contribution < 1.29 is 9.18 Å². The quantitative estimate of drug-likeness (QED) is 0.635. The molecule has 160 valence electrons. The molecule has 0 aliphatic carbocycles. The fraction of sp³-hybridized carbons (Fsp3) is 0.269. The van der Waals surface area contributed by atoms with Crippen LogP contribution in [0.25, 0.3) is 0 Å². The lowest BCUT2D eigenvalue weighted by Crippen LogP contribution is -2.45. The zero-order chi connectivity index (χ0) is 21.6. The lowest BCUT2D eigenvalue weighted by molar-refractivity contribution is 0.0940. The number of halogens is 1. The third-order valence-electron chi connectivity index (χ3n) is 5.83. The Balaban J connectivity index is 1.28. The molecule has 1 heterocycles. The summed E-state index contributed by atoms with van der Waals surface area (Å²) in [6, 6.07) is 24.5. The number of piperazine rings is 1. The molecule has 1 aliphatic heterocycles. The van der Waals surface area contributed by atoms with Gasteiger partial charge in [-0.25, -0.2) is 4.39 Å². The zero-order valence-electron chi connectivity index (χ0n) is 17.8. The molecule has 0 bridgehead atoms. The maximum atomic E-state index is 13.1. The van der Waals surface area contributed by atoms with Gasteiger partial charge >= 0.3 is 0 Å². The van der Waals surface area contributed by atoms with Crippen molar-refractivity contribution in [3.63, 3.8) is 0 Å². The molecule has 0 spiro atoms. The van der Waals surface area contributed by atoms with Crippen molar-refractivity contribution in [2.24, 2.45) is 0 Å². The van der Waals surface area contributed by atoms with E-state index in [2.05, 4.69) is 15.1 Å². The second-order valence-corrected chi connectivity index (χ2v) is 8.04. The van der Waals surface area contributed by atoms with E-state index in [1.54, 1.807) is 0 Å². The van der Waals surface area contributed by atoms with Crippen LogP contribution in [0.3, 0.4) is 0 Å². The molecule has 5 heteroatoms. The minimum Gasteiger partial charge on any atom is -0.369 e. The number of rotatable bonds is 6. The van der Waals surface area contributed by atoms with Gasteiger partial charge in [-0.2, -0.15) is 0 Å². The van der Waals surface area contributed by atoms with Gasteiger partial charge in [0.25, 0.3) is 5.91 Å². The molecular formula is C26H28FN3O. The van der Waals surface area contributed by atoms with Crippen LogP contribution in [0.2, 0.25) is 0 Å². The third kappa shape index (κ3) is 5.50. The largest absolute Gasteiger partial charge is 0.369 e. The van der Waals surface area contributed by atoms with Gasteiger partial charge in [0.2, 0.25) is 0 Å². The van der Waals surface area contributed by atoms with E-state index in [9.17, 15) is 9.18 Å². The summed E-state index contributed by atoms with van der Waals surface area (Å²) in [5, 5.41) is 3.06. The number of hydrogen-bond donors (Lipinski definition) is 1. The predicted molar refractivity (Wildman–Crippen MR) is 123 cm³/mol. The van der Waals surface area contributed by atoms with Gasteiger partial charge < -0.3 is 10.2 Å². The van der Waals surface area contributed by atoms with E-state index < -0.39 is 0 Å². The summed E-state index contributed by atoms with van der Waals surface area (Å²) >= 11 is 0. The van der Waals surface area contributed by atoms with Crippen molar-refractivity contribution in [2.45, 2.75) is 19.5 Å². The van der Waals surface area contributed by atoms with Gasteiger partial charge in [0.15, 0.2) is 0 Å². The van der Waals surface area contributed by atoms with Crippen molar-refractivity contribution in [1.82, 2.24) is 10.2 Å². The van der Waals surface area contributed by atoms with Gasteiger partial charge in [0.05, 0.1) is 6.04 Å². The van der Waals surface area contributed by atoms with Gasteiger partial charge in [0.1, 0.15) is 5.82 Å². The summed E-state index contributed by atoms with van der Waals surface area (Å²) in [6.45, 7) is 6.60. The summed E-state index contributed by atoms with van der Waals surface area (Å²) in [4.78, 5) is 17.3. The minimum absolute atomic E-state index is 0.0363. The molecule has 3 aromatic carbocycles. The van der Waals surface area contributed by atoms with Gasteiger partial charge in [-0.1, -0.05) is 42.5 Å². The highest BCUT2D eigenvalue weighted by molar-refractivity contribution is 5.94. The molecule has 1 saturated heterocycles. The first kappa shape index (κ1) is 21.1. The SMILES string of the molecule is C[C@H](NC(=O)c1ccc(CN2CCN(c3ccc(F)cc3)CC2)cc1)c1ccccc1. The molecular weight excluding hydrogens is 389 g/mol. The van der Waals surface area contributed by atoms with Crippen LogP contribution in [0.4, 0.5) is 10.1 Å². The molecule has 1 atom stereocenters. The van der Waals surface area contributed by atoms with Gasteiger partial charge in [-0.3, -0.25) is 9.69 Å². The Hall–Kier alpha value is -3.18. The number of anilines is 1. The van der Waals surface area contributed by atoms with Crippen LogP contribution in [0, 0.1) is 5.82 Å². The summed E-state index contributed by atoms with van der Waals surface area (Å²) in [7, 11) is 0. The number of benzene rings is 3. The Bertz CT molecular complexity index is 981. The topological polar surface area (TPSA) is 35.6 Å². The van der Waals surface area contributed by atoms with Crippen LogP contribution in [-0.4, -0.2) is 37.0 Å². The Labute approximate surface area is 183 Å². The highest BCUT2D eigenvalue weighted by Gasteiger charge is 2.18. The number of nitrogens with zero attached hydrogens (tertiary/aromatic N) is 2. The number of carbonyl (C=O) groups excluding carboxylic acids is 1. The van der Waals surface area contributed by atoms with E-state index >= 15 is 0 Å². The van der Waals surface area contributed by atoms with Crippen molar-refractivity contribution in [2.75, 3.05) is 31.1 Å². The third-order valence-corrected chi connectivity index (χ3v) is 5.83. The lowest BCUT2D eigenvalue weighted by Gasteiger charge is -2.36. The molecule has 0 radical (unpaired) electrons. The highest BCUT2D eigenvalue weighted by atomic mass is 19.1. The lowest BCUT2D eigenvalue weighted by atomic mass is 10.1. The smallest absolute Gasteiger partial charge is 0.251 e. The average Bonchev–Trinajstić information content (AvgIpc) is 2.81. The molecule has 1 fully saturated rings. The fourth-order valence-corrected chi connectivity index (χ4v) is 3.94. The monoisotopic (exact) mass is 417 g/mol. The number of amides is 1. The predicted octanol–water partition coefficient (Wildman–Crippen LogP) is 4.64. The summed E-state index contributed by atoms with van der Waals surface area (Å²) in [5.41, 5.74) is 4.03. The average molecular weight is 418 g/mol. The van der Waals surface area contributed by atoms with E-state index in [-0.39, 0.29) is 17.8 Å². The van der Waals surface area contributed by atoms with Crippen LogP contribution in [-0.2, 0) is 6.54 Å². The van der Waals surface area contributed by atoms with E-state index in [0.717, 1.165) is 44.0 Å². The van der Waals surface area contributed by atoms with E-state index in [0.29, 0.717) is 5.56 Å². The second kappa shape index (κ2) is 9.75. The molecule has 31 heavy (non-hydrogen) atoms. The molecule has 0 aromatic heterocycles. The highest BCUT2D eigenvalue weighted by Crippen LogP contribution is 2.18. The standard InChI is InChI=1S/C26H28FN3O/c1-20(22-5-3-2-4-6-22)28-26(31)23-9-7-21(8-10-23)19-29-15-17-30(18-16-29)25-13-11-24(27)12-14-25/h2-14,20H,15-19H2,1H3,(H,28,31)/t20-/m0/s1. The van der Waals surface area contributed by atoms with Gasteiger partial charge in [-0.05, 0) is 54.4 Å². The first-order chi connectivity index (χ1) is 15.1. The van der Waals surface area contributed by atoms with E-state index in [4.69, 9.17) is 0 Å². The Morgan fingerprint density at radius 1 is 0.903 bits per heavy atom. The van der Waals surface area contributed by atoms with E-state index in [1.807, 2.05) is 73.7 Å². The summed E-state index contributed by atoms with van der Waals surface area (Å²) in [6.07, 6.45) is 0. The molecule has 1 N–H and O–H groups in total. The van der Waals surface area contributed by atoms with Crippen LogP contribution >= 0.6 is 0 Å². The number of nitrogens with one attached hydrogen (secondary N) is 1. The van der Waals surface area contributed by atoms with Crippen molar-refractivity contribution in [3.8, 4) is 0 Å². The van der Waals surface area contributed by atoms with Crippen molar-refractivity contribution >= 4 is 11.6 Å². The maximum Gasteiger partial charge on any atom is 0.251 e. The molecule has 0 saturated carbocycles. The fourth-order valence-electron chi connectivity index (χ4n) is 3.94. The van der Waals surface area contributed by atoms with Gasteiger partial charge in [0, 0.05) is 44.0 Å². The first-order valence-electron chi connectivity index (χ1n) is 10.8. The van der Waals surface area contributed by atoms with Crippen LogP contribution < -0.4 is 10.2 Å². The maximum absolute atomic E-state index is 13.1. The van der Waals surface area contributed by atoms with Gasteiger partial charge in [-0.15, -0.1) is 0 Å². The van der Waals surface area contributed by atoms with Crippen LogP contribution in [0.5, 0.6) is 0 Å². The molecule has 1 amide bonds. The summed E-state index contributed by atoms with van der Waals surface area (Å²) in [5.74, 6) is -0.259. The molecule has 0 unspecified atom stereocenters. The first-order valence-corrected chi connectivity index (χ1v) is 10.8. The normalized spacial score (nSPS) is 15.5. The minimum atomic E-state index is -0.200. The molecule has 3 aromatic rings. The molecule has 4 nitrogen and oxygen atoms in total. The molecule has 4 rings (SSSR count). The Morgan fingerprint density at radius 3 is 2.19 bits per heavy atom. The number of carbonyl (C=O) groups is 1. The number of hydrogen-bond acceptors (Lipinski definition) is 3.